The van der Waals surface area contributed by atoms with Crippen molar-refractivity contribution in [1.82, 2.24) is 0 Å². The second-order valence-corrected chi connectivity index (χ2v) is 11.6. The molecule has 3 heteroatoms. The van der Waals surface area contributed by atoms with Crippen LogP contribution in [-0.4, -0.2) is 21.5 Å². The minimum atomic E-state index is -1.46. The van der Waals surface area contributed by atoms with Crippen molar-refractivity contribution in [1.29, 1.82) is 0 Å². The van der Waals surface area contributed by atoms with E-state index in [2.05, 4.69) is 26.9 Å². The van der Waals surface area contributed by atoms with Gasteiger partial charge in [-0.1, -0.05) is 71.6 Å². The average molecular weight is 316 g/mol. The van der Waals surface area contributed by atoms with Gasteiger partial charge in [0.25, 0.3) is 0 Å². The van der Waals surface area contributed by atoms with Crippen LogP contribution in [0.5, 0.6) is 0 Å². The summed E-state index contributed by atoms with van der Waals surface area (Å²) in [5.74, 6) is 0.611. The molecule has 0 fully saturated rings. The minimum absolute atomic E-state index is 0.611. The average Bonchev–Trinajstić information content (AvgIpc) is 2.44. The Kier molecular flexibility index (Phi) is 13.9. The Bertz CT molecular complexity index is 221. The standard InChI is InChI=1S/C18H41NOSi/c1-5-6-7-8-9-10-11-12-13-14-15-20-21(3,4)17-18(2)16-19/h18H,5-17,19H2,1-4H3. The van der Waals surface area contributed by atoms with Crippen LogP contribution in [0.2, 0.25) is 19.1 Å². The van der Waals surface area contributed by atoms with Crippen molar-refractivity contribution in [2.24, 2.45) is 11.7 Å². The van der Waals surface area contributed by atoms with Crippen LogP contribution >= 0.6 is 0 Å². The SMILES string of the molecule is CCCCCCCCCCCCO[Si](C)(C)CC(C)CN. The molecule has 21 heavy (non-hydrogen) atoms. The molecule has 1 unspecified atom stereocenters. The molecule has 0 saturated carbocycles. The number of nitrogens with two attached hydrogens (primary N) is 1. The lowest BCUT2D eigenvalue weighted by Gasteiger charge is -2.25. The molecule has 0 saturated heterocycles. The van der Waals surface area contributed by atoms with E-state index in [1.54, 1.807) is 0 Å². The van der Waals surface area contributed by atoms with Crippen molar-refractivity contribution >= 4 is 8.32 Å². The van der Waals surface area contributed by atoms with Gasteiger partial charge in [0, 0.05) is 6.61 Å². The summed E-state index contributed by atoms with van der Waals surface area (Å²) in [6.07, 6.45) is 13.9. The van der Waals surface area contributed by atoms with E-state index in [4.69, 9.17) is 10.2 Å². The van der Waals surface area contributed by atoms with Gasteiger partial charge in [0.2, 0.25) is 0 Å². The molecule has 0 spiro atoms. The van der Waals surface area contributed by atoms with Crippen LogP contribution in [-0.2, 0) is 4.43 Å². The Labute approximate surface area is 135 Å². The number of unbranched alkanes of at least 4 members (excludes halogenated alkanes) is 9. The molecule has 0 amide bonds. The molecule has 1 atom stereocenters. The molecule has 0 rings (SSSR count). The van der Waals surface area contributed by atoms with Gasteiger partial charge in [0.15, 0.2) is 8.32 Å². The summed E-state index contributed by atoms with van der Waals surface area (Å²) in [6, 6.07) is 1.20. The van der Waals surface area contributed by atoms with Gasteiger partial charge in [0.1, 0.15) is 0 Å². The van der Waals surface area contributed by atoms with Gasteiger partial charge in [-0.3, -0.25) is 0 Å². The topological polar surface area (TPSA) is 35.2 Å². The molecular weight excluding hydrogens is 274 g/mol. The summed E-state index contributed by atoms with van der Waals surface area (Å²) < 4.78 is 6.16. The molecule has 0 aliphatic carbocycles. The van der Waals surface area contributed by atoms with Gasteiger partial charge in [-0.2, -0.15) is 0 Å². The van der Waals surface area contributed by atoms with Crippen molar-refractivity contribution in [2.45, 2.75) is 97.2 Å². The van der Waals surface area contributed by atoms with Crippen LogP contribution in [0.1, 0.15) is 78.1 Å². The van der Waals surface area contributed by atoms with E-state index in [0.717, 1.165) is 13.2 Å². The molecule has 128 valence electrons. The Hall–Kier alpha value is 0.137. The first-order valence-electron chi connectivity index (χ1n) is 9.36. The summed E-state index contributed by atoms with van der Waals surface area (Å²) in [5, 5.41) is 0. The predicted molar refractivity (Wildman–Crippen MR) is 98.3 cm³/mol. The minimum Gasteiger partial charge on any atom is -0.417 e. The maximum atomic E-state index is 6.16. The van der Waals surface area contributed by atoms with Crippen molar-refractivity contribution in [2.75, 3.05) is 13.2 Å². The second kappa shape index (κ2) is 13.8. The highest BCUT2D eigenvalue weighted by molar-refractivity contribution is 6.71. The zero-order chi connectivity index (χ0) is 16.0. The summed E-state index contributed by atoms with van der Waals surface area (Å²) in [7, 11) is -1.46. The third-order valence-corrected chi connectivity index (χ3v) is 6.90. The summed E-state index contributed by atoms with van der Waals surface area (Å²) >= 11 is 0. The monoisotopic (exact) mass is 315 g/mol. The van der Waals surface area contributed by atoms with Gasteiger partial charge < -0.3 is 10.2 Å². The Morgan fingerprint density at radius 2 is 1.33 bits per heavy atom. The molecule has 0 heterocycles. The van der Waals surface area contributed by atoms with Gasteiger partial charge >= 0.3 is 0 Å². The zero-order valence-electron chi connectivity index (χ0n) is 15.3. The molecule has 0 aromatic carbocycles. The molecule has 2 nitrogen and oxygen atoms in total. The molecule has 0 aromatic rings. The summed E-state index contributed by atoms with van der Waals surface area (Å²) in [6.45, 7) is 10.9. The van der Waals surface area contributed by atoms with E-state index < -0.39 is 8.32 Å². The quantitative estimate of drug-likeness (QED) is 0.310. The normalized spacial score (nSPS) is 13.6. The van der Waals surface area contributed by atoms with Crippen molar-refractivity contribution in [3.63, 3.8) is 0 Å². The maximum Gasteiger partial charge on any atom is 0.187 e. The van der Waals surface area contributed by atoms with E-state index in [1.807, 2.05) is 0 Å². The van der Waals surface area contributed by atoms with E-state index >= 15 is 0 Å². The lowest BCUT2D eigenvalue weighted by Crippen LogP contribution is -2.34. The van der Waals surface area contributed by atoms with Crippen molar-refractivity contribution < 1.29 is 4.43 Å². The van der Waals surface area contributed by atoms with Gasteiger partial charge in [-0.25, -0.2) is 0 Å². The summed E-state index contributed by atoms with van der Waals surface area (Å²) in [5.41, 5.74) is 5.71. The molecule has 0 radical (unpaired) electrons. The molecular formula is C18H41NOSi. The molecule has 2 N–H and O–H groups in total. The van der Waals surface area contributed by atoms with Gasteiger partial charge in [0.05, 0.1) is 0 Å². The fraction of sp³-hybridized carbons (Fsp3) is 1.00. The van der Waals surface area contributed by atoms with Crippen molar-refractivity contribution in [3.8, 4) is 0 Å². The molecule has 0 aromatic heterocycles. The van der Waals surface area contributed by atoms with E-state index in [9.17, 15) is 0 Å². The van der Waals surface area contributed by atoms with Gasteiger partial charge in [-0.05, 0) is 38.0 Å². The molecule has 0 aliphatic rings. The predicted octanol–water partition coefficient (Wildman–Crippen LogP) is 5.72. The maximum absolute atomic E-state index is 6.16. The Balaban J connectivity index is 3.31. The summed E-state index contributed by atoms with van der Waals surface area (Å²) in [4.78, 5) is 0. The fourth-order valence-electron chi connectivity index (χ4n) is 2.92. The van der Waals surface area contributed by atoms with Crippen LogP contribution in [0.3, 0.4) is 0 Å². The number of hydrogen-bond acceptors (Lipinski definition) is 2. The lowest BCUT2D eigenvalue weighted by atomic mass is 10.1. The highest BCUT2D eigenvalue weighted by atomic mass is 28.4. The zero-order valence-corrected chi connectivity index (χ0v) is 16.3. The fourth-order valence-corrected chi connectivity index (χ4v) is 5.58. The Morgan fingerprint density at radius 1 is 0.857 bits per heavy atom. The van der Waals surface area contributed by atoms with Crippen LogP contribution in [0.25, 0.3) is 0 Å². The number of rotatable bonds is 15. The molecule has 0 bridgehead atoms. The van der Waals surface area contributed by atoms with E-state index in [1.165, 1.54) is 70.3 Å². The third kappa shape index (κ3) is 14.8. The molecule has 0 aliphatic heterocycles. The second-order valence-electron chi connectivity index (χ2n) is 7.34. The first-order valence-corrected chi connectivity index (χ1v) is 12.5. The Morgan fingerprint density at radius 3 is 1.81 bits per heavy atom. The van der Waals surface area contributed by atoms with E-state index in [-0.39, 0.29) is 0 Å². The van der Waals surface area contributed by atoms with Crippen LogP contribution < -0.4 is 5.73 Å². The smallest absolute Gasteiger partial charge is 0.187 e. The first-order chi connectivity index (χ1) is 10.0. The van der Waals surface area contributed by atoms with E-state index in [0.29, 0.717) is 5.92 Å². The van der Waals surface area contributed by atoms with Crippen LogP contribution in [0, 0.1) is 5.92 Å². The van der Waals surface area contributed by atoms with Gasteiger partial charge in [-0.15, -0.1) is 0 Å². The largest absolute Gasteiger partial charge is 0.417 e. The van der Waals surface area contributed by atoms with Crippen LogP contribution in [0.15, 0.2) is 0 Å². The third-order valence-electron chi connectivity index (χ3n) is 4.23. The number of hydrogen-bond donors (Lipinski definition) is 1. The highest BCUT2D eigenvalue weighted by Gasteiger charge is 2.24. The van der Waals surface area contributed by atoms with Crippen molar-refractivity contribution in [3.05, 3.63) is 0 Å². The highest BCUT2D eigenvalue weighted by Crippen LogP contribution is 2.18. The van der Waals surface area contributed by atoms with Crippen LogP contribution in [0.4, 0.5) is 0 Å². The lowest BCUT2D eigenvalue weighted by molar-refractivity contribution is 0.290. The first kappa shape index (κ1) is 21.1.